The number of benzene rings is 1. The molecule has 0 aromatic heterocycles. The molecule has 1 aromatic carbocycles. The highest BCUT2D eigenvalue weighted by atomic mass is 32.2. The molecule has 0 aliphatic carbocycles. The topological polar surface area (TPSA) is 78.9 Å². The van der Waals surface area contributed by atoms with E-state index in [9.17, 15) is 13.2 Å². The van der Waals surface area contributed by atoms with Gasteiger partial charge in [-0.25, -0.2) is 4.79 Å². The summed E-state index contributed by atoms with van der Waals surface area (Å²) in [4.78, 5) is 11.6. The van der Waals surface area contributed by atoms with Crippen LogP contribution in [0.4, 0.5) is 0 Å². The van der Waals surface area contributed by atoms with Crippen LogP contribution < -0.4 is 8.92 Å². The summed E-state index contributed by atoms with van der Waals surface area (Å²) in [5.74, 6) is 0.185. The minimum absolute atomic E-state index is 0.0456. The molecule has 0 unspecified atom stereocenters. The highest BCUT2D eigenvalue weighted by Crippen LogP contribution is 2.30. The summed E-state index contributed by atoms with van der Waals surface area (Å²) >= 11 is 0. The van der Waals surface area contributed by atoms with Crippen LogP contribution in [0, 0.1) is 5.92 Å². The summed E-state index contributed by atoms with van der Waals surface area (Å²) < 4.78 is 39.1. The molecule has 25 heavy (non-hydrogen) atoms. The number of carbonyl (C=O) groups excluding carboxylic acids is 1. The van der Waals surface area contributed by atoms with Crippen molar-refractivity contribution < 1.29 is 26.9 Å². The van der Waals surface area contributed by atoms with Crippen molar-refractivity contribution in [3.05, 3.63) is 29.8 Å². The molecule has 6 nitrogen and oxygen atoms in total. The average molecular weight is 370 g/mol. The van der Waals surface area contributed by atoms with Crippen LogP contribution in [-0.4, -0.2) is 33.9 Å². The van der Waals surface area contributed by atoms with Gasteiger partial charge in [0.2, 0.25) is 0 Å². The van der Waals surface area contributed by atoms with Crippen molar-refractivity contribution in [3.63, 3.8) is 0 Å². The zero-order chi connectivity index (χ0) is 18.9. The van der Waals surface area contributed by atoms with Crippen LogP contribution in [0.25, 0.3) is 6.08 Å². The minimum atomic E-state index is -3.66. The van der Waals surface area contributed by atoms with Gasteiger partial charge in [0.15, 0.2) is 11.5 Å². The Morgan fingerprint density at radius 2 is 1.96 bits per heavy atom. The Hall–Kier alpha value is -2.02. The van der Waals surface area contributed by atoms with Crippen molar-refractivity contribution in [3.8, 4) is 11.5 Å². The lowest BCUT2D eigenvalue weighted by Crippen LogP contribution is -2.14. The zero-order valence-corrected chi connectivity index (χ0v) is 16.0. The number of hydrogen-bond donors (Lipinski definition) is 0. The first-order valence-corrected chi connectivity index (χ1v) is 9.80. The van der Waals surface area contributed by atoms with Gasteiger partial charge in [0.1, 0.15) is 0 Å². The van der Waals surface area contributed by atoms with Crippen molar-refractivity contribution in [2.45, 2.75) is 33.6 Å². The first-order valence-electron chi connectivity index (χ1n) is 8.22. The molecular weight excluding hydrogens is 344 g/mol. The monoisotopic (exact) mass is 370 g/mol. The predicted octanol–water partition coefficient (Wildman–Crippen LogP) is 3.42. The van der Waals surface area contributed by atoms with Gasteiger partial charge < -0.3 is 13.7 Å². The Kier molecular flexibility index (Phi) is 8.48. The second kappa shape index (κ2) is 10.1. The maximum atomic E-state index is 11.9. The van der Waals surface area contributed by atoms with Gasteiger partial charge >= 0.3 is 16.1 Å². The third-order valence-electron chi connectivity index (χ3n) is 3.12. The van der Waals surface area contributed by atoms with Crippen molar-refractivity contribution >= 4 is 22.2 Å². The van der Waals surface area contributed by atoms with Crippen LogP contribution in [0.3, 0.4) is 0 Å². The third kappa shape index (κ3) is 8.07. The van der Waals surface area contributed by atoms with E-state index >= 15 is 0 Å². The molecule has 0 aliphatic rings. The Balaban J connectivity index is 2.82. The Morgan fingerprint density at radius 1 is 1.24 bits per heavy atom. The number of unbranched alkanes of at least 4 members (excludes halogenated alkanes) is 1. The molecule has 0 amide bonds. The lowest BCUT2D eigenvalue weighted by molar-refractivity contribution is -0.138. The molecule has 0 spiro atoms. The molecule has 0 aliphatic heterocycles. The summed E-state index contributed by atoms with van der Waals surface area (Å²) in [5, 5.41) is 0. The van der Waals surface area contributed by atoms with E-state index in [-0.39, 0.29) is 23.2 Å². The maximum Gasteiger partial charge on any atom is 0.330 e. The van der Waals surface area contributed by atoms with Crippen LogP contribution in [0.15, 0.2) is 24.3 Å². The van der Waals surface area contributed by atoms with E-state index in [1.165, 1.54) is 19.3 Å². The lowest BCUT2D eigenvalue weighted by atomic mass is 10.2. The summed E-state index contributed by atoms with van der Waals surface area (Å²) in [6.07, 6.45) is 4.18. The first-order chi connectivity index (χ1) is 11.8. The van der Waals surface area contributed by atoms with Gasteiger partial charge in [-0.15, -0.1) is 0 Å². The first kappa shape index (κ1) is 21.0. The van der Waals surface area contributed by atoms with E-state index in [1.807, 2.05) is 20.8 Å². The van der Waals surface area contributed by atoms with Crippen LogP contribution in [-0.2, 0) is 19.6 Å². The van der Waals surface area contributed by atoms with Gasteiger partial charge in [0, 0.05) is 6.08 Å². The zero-order valence-electron chi connectivity index (χ0n) is 15.2. The Bertz CT molecular complexity index is 692. The summed E-state index contributed by atoms with van der Waals surface area (Å²) in [6, 6.07) is 4.73. The molecule has 7 heteroatoms. The van der Waals surface area contributed by atoms with E-state index in [4.69, 9.17) is 13.7 Å². The van der Waals surface area contributed by atoms with Crippen LogP contribution in [0.1, 0.15) is 39.2 Å². The molecular formula is C18H26O6S. The van der Waals surface area contributed by atoms with E-state index < -0.39 is 16.1 Å². The van der Waals surface area contributed by atoms with E-state index in [0.717, 1.165) is 6.42 Å². The van der Waals surface area contributed by atoms with E-state index in [1.54, 1.807) is 18.2 Å². The Labute approximate surface area is 149 Å². The smallest absolute Gasteiger partial charge is 0.330 e. The predicted molar refractivity (Wildman–Crippen MR) is 97.1 cm³/mol. The fraction of sp³-hybridized carbons (Fsp3) is 0.500. The van der Waals surface area contributed by atoms with E-state index in [2.05, 4.69) is 0 Å². The van der Waals surface area contributed by atoms with Gasteiger partial charge in [-0.1, -0.05) is 33.3 Å². The number of hydrogen-bond acceptors (Lipinski definition) is 6. The fourth-order valence-corrected chi connectivity index (χ4v) is 2.95. The van der Waals surface area contributed by atoms with Crippen LogP contribution >= 0.6 is 0 Å². The number of carbonyl (C=O) groups is 1. The molecule has 0 atom stereocenters. The molecule has 0 bridgehead atoms. The molecule has 1 rings (SSSR count). The van der Waals surface area contributed by atoms with Crippen LogP contribution in [0.5, 0.6) is 11.5 Å². The second-order valence-corrected chi connectivity index (χ2v) is 7.66. The summed E-state index contributed by atoms with van der Waals surface area (Å²) in [7, 11) is -2.23. The SMILES string of the molecule is CCCCS(=O)(=O)Oc1ccc(C=CC(=O)OCC(C)C)cc1OC. The van der Waals surface area contributed by atoms with Crippen molar-refractivity contribution in [1.29, 1.82) is 0 Å². The summed E-state index contributed by atoms with van der Waals surface area (Å²) in [5.41, 5.74) is 0.664. The quantitative estimate of drug-likeness (QED) is 0.357. The fourth-order valence-electron chi connectivity index (χ4n) is 1.82. The minimum Gasteiger partial charge on any atom is -0.493 e. The standard InChI is InChI=1S/C18H26O6S/c1-5-6-11-25(20,21)24-16-9-7-15(12-17(16)22-4)8-10-18(19)23-13-14(2)3/h7-10,12,14H,5-6,11,13H2,1-4H3. The third-order valence-corrected chi connectivity index (χ3v) is 4.35. The van der Waals surface area contributed by atoms with Crippen LogP contribution in [0.2, 0.25) is 0 Å². The van der Waals surface area contributed by atoms with Crippen molar-refractivity contribution in [1.82, 2.24) is 0 Å². The van der Waals surface area contributed by atoms with Crippen molar-refractivity contribution in [2.75, 3.05) is 19.5 Å². The van der Waals surface area contributed by atoms with Gasteiger partial charge in [-0.2, -0.15) is 8.42 Å². The van der Waals surface area contributed by atoms with Gasteiger partial charge in [0.25, 0.3) is 0 Å². The maximum absolute atomic E-state index is 11.9. The molecule has 0 saturated heterocycles. The van der Waals surface area contributed by atoms with Gasteiger partial charge in [0.05, 0.1) is 19.5 Å². The molecule has 0 heterocycles. The normalized spacial score (nSPS) is 11.7. The number of methoxy groups -OCH3 is 1. The second-order valence-electron chi connectivity index (χ2n) is 5.97. The van der Waals surface area contributed by atoms with E-state index in [0.29, 0.717) is 18.6 Å². The Morgan fingerprint density at radius 3 is 2.56 bits per heavy atom. The molecule has 0 N–H and O–H groups in total. The lowest BCUT2D eigenvalue weighted by Gasteiger charge is -2.11. The number of rotatable bonds is 10. The summed E-state index contributed by atoms with van der Waals surface area (Å²) in [6.45, 7) is 6.17. The molecule has 0 radical (unpaired) electrons. The molecule has 1 aromatic rings. The average Bonchev–Trinajstić information content (AvgIpc) is 2.56. The van der Waals surface area contributed by atoms with Gasteiger partial charge in [-0.3, -0.25) is 0 Å². The van der Waals surface area contributed by atoms with Gasteiger partial charge in [-0.05, 0) is 36.1 Å². The highest BCUT2D eigenvalue weighted by molar-refractivity contribution is 7.87. The van der Waals surface area contributed by atoms with Crippen molar-refractivity contribution in [2.24, 2.45) is 5.92 Å². The highest BCUT2D eigenvalue weighted by Gasteiger charge is 2.15. The molecule has 0 fully saturated rings. The molecule has 140 valence electrons. The number of ether oxygens (including phenoxy) is 2. The molecule has 0 saturated carbocycles. The largest absolute Gasteiger partial charge is 0.493 e. The number of esters is 1.